The zero-order valence-electron chi connectivity index (χ0n) is 28.0. The Morgan fingerprint density at radius 3 is 1.83 bits per heavy atom. The number of alkyl carbamates (subject to hydrolysis) is 2. The molecule has 2 amide bonds. The number of nitrogens with two attached hydrogens (primary N) is 1. The highest BCUT2D eigenvalue weighted by Gasteiger charge is 2.43. The molecule has 4 N–H and O–H groups in total. The molecule has 1 aromatic rings. The summed E-state index contributed by atoms with van der Waals surface area (Å²) in [4.78, 5) is 50.7. The number of rotatable bonds is 15. The molecule has 254 valence electrons. The zero-order valence-corrected chi connectivity index (χ0v) is 28.0. The number of benzene rings is 1. The summed E-state index contributed by atoms with van der Waals surface area (Å²) in [5.74, 6) is -0.723. The summed E-state index contributed by atoms with van der Waals surface area (Å²) in [6.07, 6.45) is 6.53. The maximum Gasteiger partial charge on any atom is 0.408 e. The van der Waals surface area contributed by atoms with Crippen molar-refractivity contribution in [3.8, 4) is 0 Å². The average Bonchev–Trinajstić information content (AvgIpc) is 3.90. The first-order valence-electron chi connectivity index (χ1n) is 15.9. The van der Waals surface area contributed by atoms with Gasteiger partial charge in [0.15, 0.2) is 0 Å². The zero-order chi connectivity index (χ0) is 34.1. The lowest BCUT2D eigenvalue weighted by atomic mass is 9.87. The molecule has 0 aromatic heterocycles. The first-order valence-corrected chi connectivity index (χ1v) is 15.9. The van der Waals surface area contributed by atoms with E-state index in [1.54, 1.807) is 12.2 Å². The molecule has 2 saturated carbocycles. The number of allylic oxidation sites excluding steroid dienone is 2. The van der Waals surface area contributed by atoms with Crippen LogP contribution in [0.25, 0.3) is 0 Å². The van der Waals surface area contributed by atoms with Crippen LogP contribution < -0.4 is 16.4 Å². The van der Waals surface area contributed by atoms with E-state index >= 15 is 0 Å². The highest BCUT2D eigenvalue weighted by Crippen LogP contribution is 2.38. The highest BCUT2D eigenvalue weighted by atomic mass is 16.6. The summed E-state index contributed by atoms with van der Waals surface area (Å²) in [5.41, 5.74) is 5.79. The van der Waals surface area contributed by atoms with Crippen LogP contribution in [0.5, 0.6) is 0 Å². The third kappa shape index (κ3) is 11.8. The molecule has 0 saturated heterocycles. The summed E-state index contributed by atoms with van der Waals surface area (Å²) < 4.78 is 21.8. The quantitative estimate of drug-likeness (QED) is 0.130. The topological polar surface area (TPSA) is 155 Å². The van der Waals surface area contributed by atoms with Crippen molar-refractivity contribution >= 4 is 24.1 Å². The third-order valence-corrected chi connectivity index (χ3v) is 7.99. The highest BCUT2D eigenvalue weighted by molar-refractivity contribution is 5.83. The first kappa shape index (κ1) is 36.6. The Bertz CT molecular complexity index is 1240. The molecule has 2 aliphatic carbocycles. The van der Waals surface area contributed by atoms with Crippen molar-refractivity contribution in [2.24, 2.45) is 28.4 Å². The van der Waals surface area contributed by atoms with Gasteiger partial charge < -0.3 is 35.3 Å². The molecule has 2 aliphatic rings. The first-order chi connectivity index (χ1) is 21.6. The number of carbonyl (C=O) groups excluding carboxylic acids is 4. The molecule has 0 unspecified atom stereocenters. The summed E-state index contributed by atoms with van der Waals surface area (Å²) in [6.45, 7) is 14.7. The van der Waals surface area contributed by atoms with E-state index in [0.717, 1.165) is 18.4 Å². The third-order valence-electron chi connectivity index (χ3n) is 7.99. The van der Waals surface area contributed by atoms with Crippen LogP contribution >= 0.6 is 0 Å². The molecule has 0 aliphatic heterocycles. The Morgan fingerprint density at radius 1 is 0.826 bits per heavy atom. The van der Waals surface area contributed by atoms with Crippen molar-refractivity contribution < 1.29 is 38.1 Å². The van der Waals surface area contributed by atoms with E-state index in [9.17, 15) is 19.2 Å². The molecule has 0 bridgehead atoms. The summed E-state index contributed by atoms with van der Waals surface area (Å²) in [7, 11) is 0. The van der Waals surface area contributed by atoms with Crippen LogP contribution in [0.3, 0.4) is 0 Å². The molecule has 1 aromatic carbocycles. The summed E-state index contributed by atoms with van der Waals surface area (Å²) in [5, 5.41) is 5.32. The number of ether oxygens (including phenoxy) is 4. The minimum absolute atomic E-state index is 0.0182. The molecular weight excluding hydrogens is 590 g/mol. The monoisotopic (exact) mass is 641 g/mol. The Balaban J connectivity index is 1.37. The van der Waals surface area contributed by atoms with Crippen LogP contribution in [-0.2, 0) is 28.5 Å². The van der Waals surface area contributed by atoms with E-state index in [1.165, 1.54) is 0 Å². The summed E-state index contributed by atoms with van der Waals surface area (Å²) >= 11 is 0. The van der Waals surface area contributed by atoms with Crippen LogP contribution in [0.4, 0.5) is 9.59 Å². The van der Waals surface area contributed by atoms with Crippen LogP contribution in [0.1, 0.15) is 78.8 Å². The van der Waals surface area contributed by atoms with E-state index < -0.39 is 53.1 Å². The fraction of sp³-hybridized carbons (Fsp3) is 0.600. The van der Waals surface area contributed by atoms with Gasteiger partial charge in [0.2, 0.25) is 0 Å². The van der Waals surface area contributed by atoms with E-state index in [-0.39, 0.29) is 31.3 Å². The van der Waals surface area contributed by atoms with E-state index in [0.29, 0.717) is 18.8 Å². The van der Waals surface area contributed by atoms with Crippen molar-refractivity contribution in [1.29, 1.82) is 0 Å². The molecule has 11 heteroatoms. The molecule has 46 heavy (non-hydrogen) atoms. The van der Waals surface area contributed by atoms with Gasteiger partial charge in [-0.1, -0.05) is 90.1 Å². The lowest BCUT2D eigenvalue weighted by molar-refractivity contribution is -0.149. The fourth-order valence-electron chi connectivity index (χ4n) is 4.88. The predicted molar refractivity (Wildman–Crippen MR) is 173 cm³/mol. The van der Waals surface area contributed by atoms with Gasteiger partial charge >= 0.3 is 24.1 Å². The Kier molecular flexibility index (Phi) is 12.8. The maximum atomic E-state index is 12.9. The number of esters is 2. The van der Waals surface area contributed by atoms with Crippen LogP contribution in [0.2, 0.25) is 0 Å². The summed E-state index contributed by atoms with van der Waals surface area (Å²) in [6, 6.07) is 7.04. The predicted octanol–water partition coefficient (Wildman–Crippen LogP) is 5.35. The van der Waals surface area contributed by atoms with Gasteiger partial charge in [-0.15, -0.1) is 6.58 Å². The number of hydrogen-bond donors (Lipinski definition) is 3. The van der Waals surface area contributed by atoms with Crippen molar-refractivity contribution in [2.45, 2.75) is 97.6 Å². The van der Waals surface area contributed by atoms with Gasteiger partial charge in [-0.05, 0) is 42.1 Å². The molecule has 11 nitrogen and oxygen atoms in total. The molecular formula is C35H51N3O8. The van der Waals surface area contributed by atoms with Gasteiger partial charge in [0.1, 0.15) is 37.5 Å². The van der Waals surface area contributed by atoms with Crippen LogP contribution in [-0.4, -0.2) is 61.6 Å². The Morgan fingerprint density at radius 2 is 1.33 bits per heavy atom. The van der Waals surface area contributed by atoms with Gasteiger partial charge in [-0.3, -0.25) is 0 Å². The maximum absolute atomic E-state index is 12.9. The van der Waals surface area contributed by atoms with Gasteiger partial charge in [0.25, 0.3) is 0 Å². The van der Waals surface area contributed by atoms with Crippen molar-refractivity contribution in [3.05, 3.63) is 60.7 Å². The lowest BCUT2D eigenvalue weighted by Crippen LogP contribution is -2.50. The van der Waals surface area contributed by atoms with Gasteiger partial charge in [0, 0.05) is 11.8 Å². The smallest absolute Gasteiger partial charge is 0.408 e. The fourth-order valence-corrected chi connectivity index (χ4v) is 4.88. The van der Waals surface area contributed by atoms with E-state index in [1.807, 2.05) is 78.0 Å². The largest absolute Gasteiger partial charge is 0.462 e. The number of amides is 2. The van der Waals surface area contributed by atoms with Crippen molar-refractivity contribution in [3.63, 3.8) is 0 Å². The van der Waals surface area contributed by atoms with Gasteiger partial charge in [-0.25, -0.2) is 19.2 Å². The standard InChI is InChI=1S/C35H51N3O8/c1-8-14-23-19-26(23)45-32(41)37-28(34(2,3)4)30(39)43-18-13-12-17-24-20-27(24)46-33(42)38-29(35(5,6)7)31(40)44-21-25(36)22-15-10-9-11-16-22/h8-13,15-16,23-29H,1,14,17-21,36H2,2-7H3,(H,37,41)(H,38,42)/b13-12+/t23-,24-,25+,26-,27-,28-,29-/m1/s1. The molecule has 0 heterocycles. The van der Waals surface area contributed by atoms with Crippen LogP contribution in [0, 0.1) is 22.7 Å². The average molecular weight is 642 g/mol. The second-order valence-electron chi connectivity index (χ2n) is 14.3. The van der Waals surface area contributed by atoms with E-state index in [2.05, 4.69) is 17.2 Å². The number of hydrogen-bond acceptors (Lipinski definition) is 9. The lowest BCUT2D eigenvalue weighted by Gasteiger charge is -2.29. The normalized spacial score (nSPS) is 22.5. The second kappa shape index (κ2) is 16.1. The second-order valence-corrected chi connectivity index (χ2v) is 14.3. The van der Waals surface area contributed by atoms with E-state index in [4.69, 9.17) is 24.7 Å². The Hall–Kier alpha value is -3.86. The molecule has 0 radical (unpaired) electrons. The SMILES string of the molecule is C=CC[C@@H]1C[C@H]1OC(=O)N[C@H](C(=O)OC/C=C/C[C@@H]1C[C@H]1OC(=O)N[C@H](C(=O)OC[C@H](N)c1ccccc1)C(C)(C)C)C(C)(C)C. The number of nitrogens with one attached hydrogen (secondary N) is 2. The number of carbonyl (C=O) groups is 4. The van der Waals surface area contributed by atoms with Gasteiger partial charge in [-0.2, -0.15) is 0 Å². The molecule has 2 fully saturated rings. The van der Waals surface area contributed by atoms with Gasteiger partial charge in [0.05, 0.1) is 6.04 Å². The van der Waals surface area contributed by atoms with Crippen molar-refractivity contribution in [2.75, 3.05) is 13.2 Å². The minimum Gasteiger partial charge on any atom is -0.462 e. The Labute approximate surface area is 272 Å². The van der Waals surface area contributed by atoms with Crippen LogP contribution in [0.15, 0.2) is 55.1 Å². The molecule has 3 rings (SSSR count). The molecule has 0 spiro atoms. The van der Waals surface area contributed by atoms with Crippen molar-refractivity contribution in [1.82, 2.24) is 10.6 Å². The molecule has 7 atom stereocenters. The minimum atomic E-state index is -0.925.